The van der Waals surface area contributed by atoms with Crippen LogP contribution in [0.3, 0.4) is 0 Å². The van der Waals surface area contributed by atoms with Gasteiger partial charge < -0.3 is 15.2 Å². The minimum Gasteiger partial charge on any atom is -0.335 e. The van der Waals surface area contributed by atoms with Gasteiger partial charge in [-0.3, -0.25) is 4.68 Å². The molecule has 0 bridgehead atoms. The maximum Gasteiger partial charge on any atom is 0.319 e. The van der Waals surface area contributed by atoms with Crippen molar-refractivity contribution in [3.05, 3.63) is 67.0 Å². The molecular weight excluding hydrogens is 340 g/mol. The SMILES string of the molecule is CC(C)(C)[C@@H](Cn1ccnc1)NC(=O)Nc1cccc(Cn2cccn2)c1. The van der Waals surface area contributed by atoms with Crippen LogP contribution in [0.1, 0.15) is 26.3 Å². The minimum absolute atomic E-state index is 0.0426. The molecule has 7 nitrogen and oxygen atoms in total. The van der Waals surface area contributed by atoms with Crippen molar-refractivity contribution in [3.63, 3.8) is 0 Å². The first-order chi connectivity index (χ1) is 12.9. The normalized spacial score (nSPS) is 12.6. The molecule has 142 valence electrons. The molecule has 0 spiro atoms. The zero-order chi connectivity index (χ0) is 19.3. The van der Waals surface area contributed by atoms with Crippen LogP contribution in [0.5, 0.6) is 0 Å². The third kappa shape index (κ3) is 5.44. The minimum atomic E-state index is -0.216. The molecule has 0 saturated heterocycles. The summed E-state index contributed by atoms with van der Waals surface area (Å²) in [6, 6.07) is 9.42. The molecule has 2 N–H and O–H groups in total. The molecule has 0 fully saturated rings. The van der Waals surface area contributed by atoms with Crippen LogP contribution in [0, 0.1) is 5.41 Å². The molecule has 2 aromatic heterocycles. The average molecular weight is 366 g/mol. The van der Waals surface area contributed by atoms with Gasteiger partial charge in [0.2, 0.25) is 0 Å². The van der Waals surface area contributed by atoms with Gasteiger partial charge in [0.15, 0.2) is 0 Å². The van der Waals surface area contributed by atoms with Crippen molar-refractivity contribution in [2.75, 3.05) is 5.32 Å². The molecule has 0 aliphatic rings. The Balaban J connectivity index is 1.63. The predicted molar refractivity (Wildman–Crippen MR) is 105 cm³/mol. The van der Waals surface area contributed by atoms with Gasteiger partial charge >= 0.3 is 6.03 Å². The van der Waals surface area contributed by atoms with Gasteiger partial charge in [-0.15, -0.1) is 0 Å². The Morgan fingerprint density at radius 2 is 2.04 bits per heavy atom. The fourth-order valence-corrected chi connectivity index (χ4v) is 2.80. The molecule has 0 unspecified atom stereocenters. The second-order valence-electron chi connectivity index (χ2n) is 7.68. The zero-order valence-electron chi connectivity index (χ0n) is 16.0. The van der Waals surface area contributed by atoms with Crippen LogP contribution in [-0.4, -0.2) is 31.4 Å². The van der Waals surface area contributed by atoms with E-state index in [2.05, 4.69) is 41.5 Å². The molecule has 0 saturated carbocycles. The highest BCUT2D eigenvalue weighted by molar-refractivity contribution is 5.89. The van der Waals surface area contributed by atoms with Crippen molar-refractivity contribution < 1.29 is 4.79 Å². The van der Waals surface area contributed by atoms with Crippen LogP contribution in [0.2, 0.25) is 0 Å². The number of hydrogen-bond donors (Lipinski definition) is 2. The van der Waals surface area contributed by atoms with E-state index in [1.54, 1.807) is 18.7 Å². The van der Waals surface area contributed by atoms with Gasteiger partial charge in [0, 0.05) is 37.0 Å². The predicted octanol–water partition coefficient (Wildman–Crippen LogP) is 3.36. The van der Waals surface area contributed by atoms with Crippen molar-refractivity contribution in [2.45, 2.75) is 39.9 Å². The summed E-state index contributed by atoms with van der Waals surface area (Å²) in [4.78, 5) is 16.6. The zero-order valence-corrected chi connectivity index (χ0v) is 16.0. The van der Waals surface area contributed by atoms with E-state index in [0.717, 1.165) is 11.3 Å². The lowest BCUT2D eigenvalue weighted by Gasteiger charge is -2.31. The van der Waals surface area contributed by atoms with Gasteiger partial charge in [-0.2, -0.15) is 5.10 Å². The molecule has 0 aliphatic heterocycles. The number of anilines is 1. The average Bonchev–Trinajstić information content (AvgIpc) is 3.27. The Kier molecular flexibility index (Phi) is 5.59. The van der Waals surface area contributed by atoms with Crippen molar-refractivity contribution in [1.29, 1.82) is 0 Å². The smallest absolute Gasteiger partial charge is 0.319 e. The highest BCUT2D eigenvalue weighted by Gasteiger charge is 2.26. The monoisotopic (exact) mass is 366 g/mol. The number of nitrogens with one attached hydrogen (secondary N) is 2. The first-order valence-electron chi connectivity index (χ1n) is 9.00. The van der Waals surface area contributed by atoms with Crippen LogP contribution >= 0.6 is 0 Å². The Bertz CT molecular complexity index is 849. The molecule has 3 aromatic rings. The Morgan fingerprint density at radius 3 is 2.70 bits per heavy atom. The summed E-state index contributed by atoms with van der Waals surface area (Å²) in [6.07, 6.45) is 9.07. The van der Waals surface area contributed by atoms with Gasteiger partial charge in [0.25, 0.3) is 0 Å². The third-order valence-electron chi connectivity index (χ3n) is 4.39. The summed E-state index contributed by atoms with van der Waals surface area (Å²) in [7, 11) is 0. The standard InChI is InChI=1S/C20H26N6O/c1-20(2,3)18(14-25-11-9-21-15-25)24-19(27)23-17-7-4-6-16(12-17)13-26-10-5-8-22-26/h4-12,15,18H,13-14H2,1-3H3,(H2,23,24,27)/t18-/m1/s1. The summed E-state index contributed by atoms with van der Waals surface area (Å²) >= 11 is 0. The van der Waals surface area contributed by atoms with E-state index in [1.165, 1.54) is 0 Å². The molecule has 0 aliphatic carbocycles. The second-order valence-corrected chi connectivity index (χ2v) is 7.68. The molecular formula is C20H26N6O. The van der Waals surface area contributed by atoms with Gasteiger partial charge in [-0.05, 0) is 29.2 Å². The van der Waals surface area contributed by atoms with E-state index < -0.39 is 0 Å². The Hall–Kier alpha value is -3.09. The van der Waals surface area contributed by atoms with Crippen LogP contribution in [0.25, 0.3) is 0 Å². The summed E-state index contributed by atoms with van der Waals surface area (Å²) in [5.74, 6) is 0. The number of rotatable bonds is 6. The molecule has 0 radical (unpaired) electrons. The van der Waals surface area contributed by atoms with E-state index >= 15 is 0 Å². The Morgan fingerprint density at radius 1 is 1.19 bits per heavy atom. The molecule has 2 amide bonds. The number of urea groups is 1. The first kappa shape index (κ1) is 18.7. The number of amides is 2. The van der Waals surface area contributed by atoms with E-state index in [1.807, 2.05) is 52.0 Å². The molecule has 1 aromatic carbocycles. The largest absolute Gasteiger partial charge is 0.335 e. The van der Waals surface area contributed by atoms with Crippen LogP contribution < -0.4 is 10.6 Å². The number of carbonyl (C=O) groups is 1. The summed E-state index contributed by atoms with van der Waals surface area (Å²) < 4.78 is 3.82. The molecule has 1 atom stereocenters. The highest BCUT2D eigenvalue weighted by Crippen LogP contribution is 2.21. The van der Waals surface area contributed by atoms with Crippen LogP contribution in [0.4, 0.5) is 10.5 Å². The fraction of sp³-hybridized carbons (Fsp3) is 0.350. The van der Waals surface area contributed by atoms with E-state index in [4.69, 9.17) is 0 Å². The second kappa shape index (κ2) is 8.07. The number of aromatic nitrogens is 4. The van der Waals surface area contributed by atoms with Crippen LogP contribution in [0.15, 0.2) is 61.4 Å². The highest BCUT2D eigenvalue weighted by atomic mass is 16.2. The number of imidazole rings is 1. The lowest BCUT2D eigenvalue weighted by atomic mass is 9.86. The maximum atomic E-state index is 12.6. The first-order valence-corrected chi connectivity index (χ1v) is 9.00. The lowest BCUT2D eigenvalue weighted by Crippen LogP contribution is -2.47. The van der Waals surface area contributed by atoms with Crippen molar-refractivity contribution in [3.8, 4) is 0 Å². The van der Waals surface area contributed by atoms with Crippen molar-refractivity contribution in [2.24, 2.45) is 5.41 Å². The third-order valence-corrected chi connectivity index (χ3v) is 4.39. The number of hydrogen-bond acceptors (Lipinski definition) is 3. The van der Waals surface area contributed by atoms with Gasteiger partial charge in [0.1, 0.15) is 0 Å². The number of carbonyl (C=O) groups excluding carboxylic acids is 1. The number of benzene rings is 1. The topological polar surface area (TPSA) is 76.8 Å². The number of nitrogens with zero attached hydrogens (tertiary/aromatic N) is 4. The van der Waals surface area contributed by atoms with E-state index in [0.29, 0.717) is 13.1 Å². The molecule has 3 rings (SSSR count). The van der Waals surface area contributed by atoms with Gasteiger partial charge in [-0.1, -0.05) is 32.9 Å². The summed E-state index contributed by atoms with van der Waals surface area (Å²) in [6.45, 7) is 7.66. The molecule has 7 heteroatoms. The van der Waals surface area contributed by atoms with Crippen molar-refractivity contribution in [1.82, 2.24) is 24.6 Å². The maximum absolute atomic E-state index is 12.6. The quantitative estimate of drug-likeness (QED) is 0.702. The molecule has 2 heterocycles. The van der Waals surface area contributed by atoms with E-state index in [-0.39, 0.29) is 17.5 Å². The Labute approximate surface area is 159 Å². The van der Waals surface area contributed by atoms with Gasteiger partial charge in [0.05, 0.1) is 18.9 Å². The van der Waals surface area contributed by atoms with Crippen LogP contribution in [-0.2, 0) is 13.1 Å². The van der Waals surface area contributed by atoms with Gasteiger partial charge in [-0.25, -0.2) is 9.78 Å². The summed E-state index contributed by atoms with van der Waals surface area (Å²) in [5, 5.41) is 10.2. The molecule has 27 heavy (non-hydrogen) atoms. The fourth-order valence-electron chi connectivity index (χ4n) is 2.80. The summed E-state index contributed by atoms with van der Waals surface area (Å²) in [5.41, 5.74) is 1.73. The van der Waals surface area contributed by atoms with Crippen molar-refractivity contribution >= 4 is 11.7 Å². The lowest BCUT2D eigenvalue weighted by molar-refractivity contribution is 0.219. The van der Waals surface area contributed by atoms with E-state index in [9.17, 15) is 4.79 Å².